The van der Waals surface area contributed by atoms with Crippen LogP contribution in [0.3, 0.4) is 0 Å². The smallest absolute Gasteiger partial charge is 0.387 e. The highest BCUT2D eigenvalue weighted by Gasteiger charge is 2.28. The molecule has 0 N–H and O–H groups in total. The highest BCUT2D eigenvalue weighted by atomic mass is 35.5. The monoisotopic (exact) mass is 821 g/mol. The van der Waals surface area contributed by atoms with Crippen molar-refractivity contribution in [2.45, 2.75) is 64.5 Å². The number of nitrogens with zero attached hydrogens (tertiary/aromatic N) is 3. The summed E-state index contributed by atoms with van der Waals surface area (Å²) in [5, 5.41) is 0.507. The van der Waals surface area contributed by atoms with E-state index >= 15 is 0 Å². The molecule has 0 bridgehead atoms. The number of amides is 1. The molecule has 304 valence electrons. The van der Waals surface area contributed by atoms with Crippen LogP contribution in [-0.4, -0.2) is 100 Å². The number of esters is 1. The molecule has 1 saturated carbocycles. The molecule has 0 spiro atoms. The van der Waals surface area contributed by atoms with Crippen LogP contribution < -0.4 is 19.1 Å². The minimum absolute atomic E-state index is 0.0186. The average molecular weight is 823 g/mol. The third-order valence-corrected chi connectivity index (χ3v) is 10.4. The fourth-order valence-corrected chi connectivity index (χ4v) is 6.95. The SMILES string of the molecule is CC(=O)N(CCN1CCOCC1)c1ccc(C(=O)O[C@@H](Cc2c(Cl)cncc2Cl)c2ccc(OC(F)F)c(OCC3CC3)c2)cc1OCCOC1CCCCO1. The molecular weight excluding hydrogens is 775 g/mol. The number of carbonyl (C=O) groups is 2. The molecule has 2 saturated heterocycles. The first-order chi connectivity index (χ1) is 27.1. The molecule has 2 aliphatic heterocycles. The summed E-state index contributed by atoms with van der Waals surface area (Å²) in [6, 6.07) is 9.16. The summed E-state index contributed by atoms with van der Waals surface area (Å²) >= 11 is 13.0. The van der Waals surface area contributed by atoms with Crippen molar-refractivity contribution >= 4 is 40.8 Å². The van der Waals surface area contributed by atoms with Crippen LogP contribution in [0.15, 0.2) is 48.8 Å². The Labute approximate surface area is 335 Å². The first kappa shape index (κ1) is 41.8. The Hall–Kier alpha value is -3.79. The number of morpholine rings is 1. The summed E-state index contributed by atoms with van der Waals surface area (Å²) in [5.74, 6) is -0.373. The third-order valence-electron chi connectivity index (χ3n) is 9.71. The number of halogens is 4. The number of benzene rings is 2. The number of carbonyl (C=O) groups excluding carboxylic acids is 2. The largest absolute Gasteiger partial charge is 0.489 e. The fraction of sp³-hybridized carbons (Fsp3) is 0.525. The van der Waals surface area contributed by atoms with Crippen LogP contribution in [0.1, 0.15) is 66.6 Å². The summed E-state index contributed by atoms with van der Waals surface area (Å²) in [7, 11) is 0. The van der Waals surface area contributed by atoms with E-state index in [-0.39, 0.29) is 64.7 Å². The average Bonchev–Trinajstić information content (AvgIpc) is 4.03. The Bertz CT molecular complexity index is 1750. The Morgan fingerprint density at radius 3 is 2.43 bits per heavy atom. The number of pyridine rings is 1. The summed E-state index contributed by atoms with van der Waals surface area (Å²) in [6.45, 7) is 3.48. The van der Waals surface area contributed by atoms with E-state index in [9.17, 15) is 18.4 Å². The molecule has 16 heteroatoms. The van der Waals surface area contributed by atoms with Crippen LogP contribution in [0.2, 0.25) is 10.0 Å². The maximum atomic E-state index is 14.1. The molecule has 6 rings (SSSR count). The van der Waals surface area contributed by atoms with E-state index in [1.165, 1.54) is 43.6 Å². The van der Waals surface area contributed by atoms with E-state index in [1.54, 1.807) is 17.0 Å². The third kappa shape index (κ3) is 12.1. The van der Waals surface area contributed by atoms with E-state index in [1.807, 2.05) is 0 Å². The van der Waals surface area contributed by atoms with Crippen molar-refractivity contribution in [3.05, 3.63) is 75.5 Å². The Balaban J connectivity index is 1.27. The van der Waals surface area contributed by atoms with Crippen LogP contribution in [0, 0.1) is 5.92 Å². The van der Waals surface area contributed by atoms with Gasteiger partial charge in [0.2, 0.25) is 5.91 Å². The van der Waals surface area contributed by atoms with E-state index in [0.717, 1.165) is 45.2 Å². The van der Waals surface area contributed by atoms with E-state index < -0.39 is 18.7 Å². The Morgan fingerprint density at radius 2 is 1.73 bits per heavy atom. The van der Waals surface area contributed by atoms with Gasteiger partial charge in [-0.25, -0.2) is 4.79 Å². The number of hydrogen-bond acceptors (Lipinski definition) is 11. The second kappa shape index (κ2) is 20.6. The van der Waals surface area contributed by atoms with Gasteiger partial charge < -0.3 is 38.1 Å². The van der Waals surface area contributed by atoms with Crippen LogP contribution in [-0.2, 0) is 30.2 Å². The maximum Gasteiger partial charge on any atom is 0.387 e. The first-order valence-corrected chi connectivity index (χ1v) is 19.7. The number of alkyl halides is 2. The molecular formula is C40H47Cl2F2N3O9. The van der Waals surface area contributed by atoms with Crippen LogP contribution in [0.4, 0.5) is 14.5 Å². The molecule has 3 heterocycles. The highest BCUT2D eigenvalue weighted by molar-refractivity contribution is 6.35. The molecule has 0 radical (unpaired) electrons. The van der Waals surface area contributed by atoms with Gasteiger partial charge in [0.25, 0.3) is 0 Å². The van der Waals surface area contributed by atoms with Gasteiger partial charge in [-0.3, -0.25) is 14.7 Å². The predicted molar refractivity (Wildman–Crippen MR) is 204 cm³/mol. The van der Waals surface area contributed by atoms with Gasteiger partial charge in [0, 0.05) is 58.5 Å². The van der Waals surface area contributed by atoms with Crippen molar-refractivity contribution in [2.75, 3.05) is 70.7 Å². The minimum atomic E-state index is -3.07. The van der Waals surface area contributed by atoms with Crippen LogP contribution in [0.5, 0.6) is 17.2 Å². The summed E-state index contributed by atoms with van der Waals surface area (Å²) in [6.07, 6.45) is 6.30. The van der Waals surface area contributed by atoms with Gasteiger partial charge in [0.1, 0.15) is 18.5 Å². The summed E-state index contributed by atoms with van der Waals surface area (Å²) < 4.78 is 66.8. The Morgan fingerprint density at radius 1 is 0.946 bits per heavy atom. The number of hydrogen-bond donors (Lipinski definition) is 0. The highest BCUT2D eigenvalue weighted by Crippen LogP contribution is 2.39. The Kier molecular flexibility index (Phi) is 15.4. The van der Waals surface area contributed by atoms with Gasteiger partial charge in [-0.2, -0.15) is 8.78 Å². The molecule has 1 amide bonds. The second-order valence-electron chi connectivity index (χ2n) is 13.8. The van der Waals surface area contributed by atoms with Crippen molar-refractivity contribution in [1.29, 1.82) is 0 Å². The van der Waals surface area contributed by atoms with Gasteiger partial charge in [-0.1, -0.05) is 29.3 Å². The topological polar surface area (TPSA) is 118 Å². The summed E-state index contributed by atoms with van der Waals surface area (Å²) in [4.78, 5) is 35.0. The molecule has 3 fully saturated rings. The molecule has 1 aliphatic carbocycles. The number of rotatable bonds is 19. The van der Waals surface area contributed by atoms with Gasteiger partial charge in [-0.15, -0.1) is 0 Å². The van der Waals surface area contributed by atoms with Gasteiger partial charge in [0.15, 0.2) is 17.8 Å². The molecule has 2 atom stereocenters. The standard InChI is InChI=1S/C40H47Cl2F2N3O9/c1-26(48)47(12-11-46-13-16-50-17-14-46)33-9-7-29(21-36(33)51-18-19-53-38-4-2-3-15-52-38)39(49)55-35(22-30-31(41)23-45-24-32(30)42)28-8-10-34(56-40(43)44)37(20-28)54-25-27-5-6-27/h7-10,20-21,23-24,27,35,38,40H,2-6,11-19,22,25H2,1H3/t35-,38?/m0/s1. The predicted octanol–water partition coefficient (Wildman–Crippen LogP) is 7.53. The van der Waals surface area contributed by atoms with Crippen molar-refractivity contribution in [1.82, 2.24) is 9.88 Å². The zero-order chi connectivity index (χ0) is 39.4. The summed E-state index contributed by atoms with van der Waals surface area (Å²) in [5.41, 5.74) is 1.51. The number of anilines is 1. The number of aromatic nitrogens is 1. The lowest BCUT2D eigenvalue weighted by Gasteiger charge is -2.30. The molecule has 1 aromatic heterocycles. The second-order valence-corrected chi connectivity index (χ2v) is 14.7. The molecule has 56 heavy (non-hydrogen) atoms. The van der Waals surface area contributed by atoms with E-state index in [0.29, 0.717) is 62.2 Å². The lowest BCUT2D eigenvalue weighted by atomic mass is 10.0. The van der Waals surface area contributed by atoms with E-state index in [4.69, 9.17) is 56.4 Å². The molecule has 3 aromatic rings. The van der Waals surface area contributed by atoms with Crippen molar-refractivity contribution in [3.63, 3.8) is 0 Å². The normalized spacial score (nSPS) is 18.0. The lowest BCUT2D eigenvalue weighted by molar-refractivity contribution is -0.165. The van der Waals surface area contributed by atoms with Crippen LogP contribution in [0.25, 0.3) is 0 Å². The molecule has 2 aromatic carbocycles. The van der Waals surface area contributed by atoms with Crippen molar-refractivity contribution < 1.29 is 51.5 Å². The van der Waals surface area contributed by atoms with E-state index in [2.05, 4.69) is 9.88 Å². The quantitative estimate of drug-likeness (QED) is 0.0883. The van der Waals surface area contributed by atoms with Crippen molar-refractivity contribution in [3.8, 4) is 17.2 Å². The molecule has 3 aliphatic rings. The van der Waals surface area contributed by atoms with Gasteiger partial charge in [-0.05, 0) is 79.5 Å². The maximum absolute atomic E-state index is 14.1. The number of ether oxygens (including phenoxy) is 7. The zero-order valence-corrected chi connectivity index (χ0v) is 32.8. The fourth-order valence-electron chi connectivity index (χ4n) is 6.43. The van der Waals surface area contributed by atoms with Crippen molar-refractivity contribution in [2.24, 2.45) is 5.92 Å². The van der Waals surface area contributed by atoms with Gasteiger partial charge >= 0.3 is 12.6 Å². The first-order valence-electron chi connectivity index (χ1n) is 18.9. The van der Waals surface area contributed by atoms with Crippen LogP contribution >= 0.6 is 23.2 Å². The zero-order valence-electron chi connectivity index (χ0n) is 31.3. The molecule has 12 nitrogen and oxygen atoms in total. The minimum Gasteiger partial charge on any atom is -0.489 e. The lowest BCUT2D eigenvalue weighted by Crippen LogP contribution is -2.42. The van der Waals surface area contributed by atoms with Gasteiger partial charge in [0.05, 0.1) is 47.7 Å². The molecule has 1 unspecified atom stereocenters.